The molecule has 1 aliphatic rings. The van der Waals surface area contributed by atoms with E-state index in [0.717, 1.165) is 5.56 Å². The lowest BCUT2D eigenvalue weighted by Gasteiger charge is -2.15. The van der Waals surface area contributed by atoms with Gasteiger partial charge in [-0.05, 0) is 37.0 Å². The van der Waals surface area contributed by atoms with Crippen LogP contribution >= 0.6 is 0 Å². The lowest BCUT2D eigenvalue weighted by molar-refractivity contribution is -0.122. The smallest absolute Gasteiger partial charge is 0.237 e. The molecule has 1 amide bonds. The third-order valence-electron chi connectivity index (χ3n) is 3.70. The van der Waals surface area contributed by atoms with Crippen LogP contribution in [0.5, 0.6) is 5.75 Å². The molecule has 4 N–H and O–H groups in total. The quantitative estimate of drug-likeness (QED) is 0.706. The molecular weight excluding hydrogens is 292 g/mol. The molecule has 0 saturated carbocycles. The van der Waals surface area contributed by atoms with E-state index in [1.54, 1.807) is 12.1 Å². The first-order chi connectivity index (χ1) is 9.88. The van der Waals surface area contributed by atoms with Crippen LogP contribution in [-0.2, 0) is 21.1 Å². The molecule has 2 rings (SSSR count). The molecule has 1 aromatic carbocycles. The van der Waals surface area contributed by atoms with Crippen molar-refractivity contribution < 1.29 is 18.3 Å². The molecule has 116 valence electrons. The number of nitrogens with one attached hydrogen (secondary N) is 1. The zero-order chi connectivity index (χ0) is 15.5. The molecule has 0 spiro atoms. The number of rotatable bonds is 5. The normalized spacial score (nSPS) is 21.9. The number of hydrogen-bond acceptors (Lipinski definition) is 5. The van der Waals surface area contributed by atoms with E-state index in [1.165, 1.54) is 12.1 Å². The summed E-state index contributed by atoms with van der Waals surface area (Å²) in [5.74, 6) is 0.000921. The summed E-state index contributed by atoms with van der Waals surface area (Å²) < 4.78 is 23.3. The lowest BCUT2D eigenvalue weighted by Crippen LogP contribution is -2.45. The Morgan fingerprint density at radius 1 is 1.38 bits per heavy atom. The Bertz CT molecular complexity index is 598. The highest BCUT2D eigenvalue weighted by atomic mass is 32.2. The van der Waals surface area contributed by atoms with Crippen molar-refractivity contribution >= 4 is 15.7 Å². The van der Waals surface area contributed by atoms with Crippen molar-refractivity contribution in [2.75, 3.05) is 12.3 Å². The predicted molar refractivity (Wildman–Crippen MR) is 79.6 cm³/mol. The second kappa shape index (κ2) is 6.44. The molecule has 7 heteroatoms. The Labute approximate surface area is 124 Å². The predicted octanol–water partition coefficient (Wildman–Crippen LogP) is -0.0446. The average molecular weight is 312 g/mol. The van der Waals surface area contributed by atoms with Crippen LogP contribution in [0.4, 0.5) is 0 Å². The maximum Gasteiger partial charge on any atom is 0.237 e. The molecule has 21 heavy (non-hydrogen) atoms. The third-order valence-corrected chi connectivity index (χ3v) is 5.97. The van der Waals surface area contributed by atoms with Crippen LogP contribution in [0.15, 0.2) is 24.3 Å². The Morgan fingerprint density at radius 3 is 2.62 bits per heavy atom. The molecule has 1 heterocycles. The van der Waals surface area contributed by atoms with Gasteiger partial charge in [-0.25, -0.2) is 8.42 Å². The summed E-state index contributed by atoms with van der Waals surface area (Å²) in [6, 6.07) is 5.72. The Morgan fingerprint density at radius 2 is 2.05 bits per heavy atom. The highest BCUT2D eigenvalue weighted by Crippen LogP contribution is 2.19. The molecule has 1 aromatic rings. The second-order valence-electron chi connectivity index (χ2n) is 5.35. The van der Waals surface area contributed by atoms with Crippen molar-refractivity contribution in [3.05, 3.63) is 29.8 Å². The summed E-state index contributed by atoms with van der Waals surface area (Å²) in [7, 11) is -3.06. The first-order valence-corrected chi connectivity index (χ1v) is 8.63. The van der Waals surface area contributed by atoms with E-state index in [0.29, 0.717) is 19.3 Å². The van der Waals surface area contributed by atoms with Gasteiger partial charge in [0.2, 0.25) is 5.91 Å². The van der Waals surface area contributed by atoms with Crippen molar-refractivity contribution in [1.82, 2.24) is 5.32 Å². The number of benzene rings is 1. The fourth-order valence-corrected chi connectivity index (χ4v) is 4.18. The van der Waals surface area contributed by atoms with Crippen LogP contribution in [0.2, 0.25) is 0 Å². The zero-order valence-corrected chi connectivity index (χ0v) is 12.5. The van der Waals surface area contributed by atoms with E-state index in [1.807, 2.05) is 0 Å². The number of sulfone groups is 1. The van der Waals surface area contributed by atoms with E-state index in [4.69, 9.17) is 5.73 Å². The van der Waals surface area contributed by atoms with Gasteiger partial charge in [-0.3, -0.25) is 4.79 Å². The van der Waals surface area contributed by atoms with Gasteiger partial charge in [0, 0.05) is 6.54 Å². The van der Waals surface area contributed by atoms with Crippen molar-refractivity contribution in [2.45, 2.75) is 30.6 Å². The first kappa shape index (κ1) is 15.8. The van der Waals surface area contributed by atoms with Crippen molar-refractivity contribution in [2.24, 2.45) is 5.73 Å². The summed E-state index contributed by atoms with van der Waals surface area (Å²) in [5.41, 5.74) is 6.65. The maximum absolute atomic E-state index is 11.9. The summed E-state index contributed by atoms with van der Waals surface area (Å²) in [4.78, 5) is 11.9. The van der Waals surface area contributed by atoms with Gasteiger partial charge in [0.1, 0.15) is 5.75 Å². The summed E-state index contributed by atoms with van der Waals surface area (Å²) in [5, 5.41) is 11.3. The van der Waals surface area contributed by atoms with Crippen molar-refractivity contribution in [1.29, 1.82) is 0 Å². The van der Waals surface area contributed by atoms with Gasteiger partial charge in [0.15, 0.2) is 9.84 Å². The molecule has 1 fully saturated rings. The maximum atomic E-state index is 11.9. The Balaban J connectivity index is 1.84. The standard InChI is InChI=1S/C14H20N2O4S/c15-13(8-10-3-5-11(17)6-4-10)14(18)16-9-12-2-1-7-21(12,19)20/h3-6,12-13,17H,1-2,7-9,15H2,(H,16,18)/t12?,13-/m1/s1. The van der Waals surface area contributed by atoms with Crippen LogP contribution in [0.3, 0.4) is 0 Å². The molecule has 0 radical (unpaired) electrons. The number of hydrogen-bond donors (Lipinski definition) is 3. The van der Waals surface area contributed by atoms with E-state index in [2.05, 4.69) is 5.32 Å². The highest BCUT2D eigenvalue weighted by molar-refractivity contribution is 7.92. The van der Waals surface area contributed by atoms with Gasteiger partial charge in [-0.1, -0.05) is 12.1 Å². The van der Waals surface area contributed by atoms with Crippen molar-refractivity contribution in [3.63, 3.8) is 0 Å². The van der Waals surface area contributed by atoms with Gasteiger partial charge >= 0.3 is 0 Å². The first-order valence-electron chi connectivity index (χ1n) is 6.91. The fraction of sp³-hybridized carbons (Fsp3) is 0.500. The van der Waals surface area contributed by atoms with Crippen molar-refractivity contribution in [3.8, 4) is 5.75 Å². The summed E-state index contributed by atoms with van der Waals surface area (Å²) in [6.45, 7) is 0.129. The van der Waals surface area contributed by atoms with E-state index in [9.17, 15) is 18.3 Å². The molecule has 2 atom stereocenters. The van der Waals surface area contributed by atoms with E-state index in [-0.39, 0.29) is 24.0 Å². The minimum atomic E-state index is -3.06. The van der Waals surface area contributed by atoms with Gasteiger partial charge in [0.05, 0.1) is 17.0 Å². The molecule has 0 bridgehead atoms. The summed E-state index contributed by atoms with van der Waals surface area (Å²) in [6.07, 6.45) is 1.59. The van der Waals surface area contributed by atoms with Crippen LogP contribution in [0.25, 0.3) is 0 Å². The van der Waals surface area contributed by atoms with E-state index >= 15 is 0 Å². The fourth-order valence-electron chi connectivity index (χ4n) is 2.41. The largest absolute Gasteiger partial charge is 0.508 e. The van der Waals surface area contributed by atoms with E-state index < -0.39 is 21.1 Å². The van der Waals surface area contributed by atoms with Gasteiger partial charge in [0.25, 0.3) is 0 Å². The summed E-state index contributed by atoms with van der Waals surface area (Å²) >= 11 is 0. The number of phenols is 1. The van der Waals surface area contributed by atoms with Crippen LogP contribution < -0.4 is 11.1 Å². The number of nitrogens with two attached hydrogens (primary N) is 1. The topological polar surface area (TPSA) is 109 Å². The lowest BCUT2D eigenvalue weighted by atomic mass is 10.1. The molecular formula is C14H20N2O4S. The monoisotopic (exact) mass is 312 g/mol. The molecule has 1 aliphatic heterocycles. The molecule has 0 aromatic heterocycles. The van der Waals surface area contributed by atoms with Crippen LogP contribution in [-0.4, -0.2) is 43.0 Å². The van der Waals surface area contributed by atoms with Crippen LogP contribution in [0.1, 0.15) is 18.4 Å². The molecule has 6 nitrogen and oxygen atoms in total. The van der Waals surface area contributed by atoms with Crippen LogP contribution in [0, 0.1) is 0 Å². The second-order valence-corrected chi connectivity index (χ2v) is 7.75. The number of amides is 1. The number of phenolic OH excluding ortho intramolecular Hbond substituents is 1. The zero-order valence-electron chi connectivity index (χ0n) is 11.7. The average Bonchev–Trinajstić information content (AvgIpc) is 2.77. The Kier molecular flexibility index (Phi) is 4.84. The Hall–Kier alpha value is -1.60. The van der Waals surface area contributed by atoms with Gasteiger partial charge < -0.3 is 16.2 Å². The number of carbonyl (C=O) groups excluding carboxylic acids is 1. The SMILES string of the molecule is N[C@H](Cc1ccc(O)cc1)C(=O)NCC1CCCS1(=O)=O. The minimum Gasteiger partial charge on any atom is -0.508 e. The van der Waals surface area contributed by atoms with Gasteiger partial charge in [-0.2, -0.15) is 0 Å². The molecule has 0 aliphatic carbocycles. The molecule has 1 saturated heterocycles. The van der Waals surface area contributed by atoms with Gasteiger partial charge in [-0.15, -0.1) is 0 Å². The highest BCUT2D eigenvalue weighted by Gasteiger charge is 2.31. The number of aromatic hydroxyl groups is 1. The molecule has 1 unspecified atom stereocenters. The minimum absolute atomic E-state index is 0.129. The number of carbonyl (C=O) groups is 1. The third kappa shape index (κ3) is 4.18.